The monoisotopic (exact) mass is 364 g/mol. The van der Waals surface area contributed by atoms with Gasteiger partial charge in [-0.05, 0) is 31.0 Å². The van der Waals surface area contributed by atoms with Crippen molar-refractivity contribution in [3.05, 3.63) is 34.9 Å². The summed E-state index contributed by atoms with van der Waals surface area (Å²) in [6.45, 7) is 4.39. The SMILES string of the molecule is CCCC1CC(C(=O)N2CCN(C(=O)c3cccc(Cl)c3)CC2)NN1. The summed E-state index contributed by atoms with van der Waals surface area (Å²) in [5.41, 5.74) is 6.92. The van der Waals surface area contributed by atoms with Crippen LogP contribution in [-0.2, 0) is 4.79 Å². The molecule has 2 fully saturated rings. The van der Waals surface area contributed by atoms with Crippen LogP contribution in [0.1, 0.15) is 36.5 Å². The molecule has 2 saturated heterocycles. The standard InChI is InChI=1S/C18H25ClN4O2/c1-2-4-15-12-16(21-20-15)18(25)23-9-7-22(8-10-23)17(24)13-5-3-6-14(19)11-13/h3,5-6,11,15-16,20-21H,2,4,7-10,12H2,1H3. The van der Waals surface area contributed by atoms with Gasteiger partial charge in [0.2, 0.25) is 5.91 Å². The molecule has 2 amide bonds. The van der Waals surface area contributed by atoms with Crippen LogP contribution in [0.2, 0.25) is 5.02 Å². The summed E-state index contributed by atoms with van der Waals surface area (Å²) < 4.78 is 0. The molecule has 2 atom stereocenters. The van der Waals surface area contributed by atoms with Crippen molar-refractivity contribution in [3.63, 3.8) is 0 Å². The maximum Gasteiger partial charge on any atom is 0.254 e. The number of halogens is 1. The Morgan fingerprint density at radius 1 is 1.16 bits per heavy atom. The van der Waals surface area contributed by atoms with Gasteiger partial charge in [-0.3, -0.25) is 15.0 Å². The minimum absolute atomic E-state index is 0.0294. The van der Waals surface area contributed by atoms with E-state index in [1.54, 1.807) is 29.2 Å². The van der Waals surface area contributed by atoms with Gasteiger partial charge in [0, 0.05) is 42.8 Å². The van der Waals surface area contributed by atoms with Gasteiger partial charge in [-0.1, -0.05) is 31.0 Å². The molecular weight excluding hydrogens is 340 g/mol. The number of hydrogen-bond acceptors (Lipinski definition) is 4. The lowest BCUT2D eigenvalue weighted by molar-refractivity contribution is -0.134. The Hall–Kier alpha value is -1.63. The topological polar surface area (TPSA) is 64.7 Å². The van der Waals surface area contributed by atoms with Gasteiger partial charge in [0.25, 0.3) is 5.91 Å². The molecule has 136 valence electrons. The Morgan fingerprint density at radius 3 is 2.56 bits per heavy atom. The average Bonchev–Trinajstić information content (AvgIpc) is 3.09. The highest BCUT2D eigenvalue weighted by molar-refractivity contribution is 6.30. The highest BCUT2D eigenvalue weighted by Crippen LogP contribution is 2.16. The van der Waals surface area contributed by atoms with E-state index in [9.17, 15) is 9.59 Å². The fourth-order valence-corrected chi connectivity index (χ4v) is 3.67. The van der Waals surface area contributed by atoms with Crippen LogP contribution in [0.15, 0.2) is 24.3 Å². The van der Waals surface area contributed by atoms with E-state index in [-0.39, 0.29) is 17.9 Å². The summed E-state index contributed by atoms with van der Waals surface area (Å²) in [5.74, 6) is 0.0965. The third-order valence-electron chi connectivity index (χ3n) is 4.87. The van der Waals surface area contributed by atoms with Crippen molar-refractivity contribution in [2.45, 2.75) is 38.3 Å². The number of piperazine rings is 1. The predicted molar refractivity (Wildman–Crippen MR) is 97.3 cm³/mol. The molecule has 1 aromatic rings. The fraction of sp³-hybridized carbons (Fsp3) is 0.556. The van der Waals surface area contributed by atoms with E-state index in [2.05, 4.69) is 17.8 Å². The molecule has 0 saturated carbocycles. The highest BCUT2D eigenvalue weighted by Gasteiger charge is 2.33. The average molecular weight is 365 g/mol. The second-order valence-electron chi connectivity index (χ2n) is 6.69. The van der Waals surface area contributed by atoms with Crippen molar-refractivity contribution < 1.29 is 9.59 Å². The molecule has 3 rings (SSSR count). The number of nitrogens with zero attached hydrogens (tertiary/aromatic N) is 2. The molecule has 2 aliphatic heterocycles. The van der Waals surface area contributed by atoms with Gasteiger partial charge in [0.1, 0.15) is 6.04 Å². The highest BCUT2D eigenvalue weighted by atomic mass is 35.5. The minimum atomic E-state index is -0.160. The molecule has 6 nitrogen and oxygen atoms in total. The van der Waals surface area contributed by atoms with E-state index in [1.165, 1.54) is 0 Å². The number of amides is 2. The summed E-state index contributed by atoms with van der Waals surface area (Å²) in [7, 11) is 0. The van der Waals surface area contributed by atoms with Crippen LogP contribution in [0, 0.1) is 0 Å². The molecule has 2 N–H and O–H groups in total. The summed E-state index contributed by atoms with van der Waals surface area (Å²) in [5, 5.41) is 0.557. The van der Waals surface area contributed by atoms with Crippen LogP contribution in [-0.4, -0.2) is 59.9 Å². The van der Waals surface area contributed by atoms with Crippen molar-refractivity contribution in [2.75, 3.05) is 26.2 Å². The zero-order chi connectivity index (χ0) is 17.8. The number of benzene rings is 1. The summed E-state index contributed by atoms with van der Waals surface area (Å²) in [4.78, 5) is 28.8. The molecule has 0 bridgehead atoms. The number of hydrogen-bond donors (Lipinski definition) is 2. The van der Waals surface area contributed by atoms with E-state index in [4.69, 9.17) is 11.6 Å². The van der Waals surface area contributed by atoms with Crippen LogP contribution < -0.4 is 10.9 Å². The first-order valence-electron chi connectivity index (χ1n) is 8.93. The quantitative estimate of drug-likeness (QED) is 0.852. The third-order valence-corrected chi connectivity index (χ3v) is 5.10. The lowest BCUT2D eigenvalue weighted by Gasteiger charge is -2.36. The molecule has 7 heteroatoms. The molecule has 0 spiro atoms. The number of nitrogens with one attached hydrogen (secondary N) is 2. The Bertz CT molecular complexity index is 631. The molecule has 0 radical (unpaired) electrons. The number of rotatable bonds is 4. The molecule has 0 aromatic heterocycles. The molecule has 2 aliphatic rings. The van der Waals surface area contributed by atoms with Gasteiger partial charge in [0.15, 0.2) is 0 Å². The van der Waals surface area contributed by atoms with Crippen LogP contribution in [0.4, 0.5) is 0 Å². The maximum atomic E-state index is 12.6. The van der Waals surface area contributed by atoms with Crippen LogP contribution in [0.25, 0.3) is 0 Å². The van der Waals surface area contributed by atoms with Gasteiger partial charge in [-0.2, -0.15) is 0 Å². The zero-order valence-electron chi connectivity index (χ0n) is 14.5. The first kappa shape index (κ1) is 18.2. The van der Waals surface area contributed by atoms with Crippen LogP contribution >= 0.6 is 11.6 Å². The molecule has 2 heterocycles. The summed E-state index contributed by atoms with van der Waals surface area (Å²) >= 11 is 5.96. The van der Waals surface area contributed by atoms with E-state index in [1.807, 2.05) is 4.90 Å². The first-order valence-corrected chi connectivity index (χ1v) is 9.31. The van der Waals surface area contributed by atoms with Gasteiger partial charge < -0.3 is 9.80 Å². The largest absolute Gasteiger partial charge is 0.338 e. The molecule has 1 aromatic carbocycles. The number of hydrazine groups is 1. The fourth-order valence-electron chi connectivity index (χ4n) is 3.48. The second kappa shape index (κ2) is 8.17. The Labute approximate surface area is 153 Å². The maximum absolute atomic E-state index is 12.6. The van der Waals surface area contributed by atoms with Crippen molar-refractivity contribution in [2.24, 2.45) is 0 Å². The smallest absolute Gasteiger partial charge is 0.254 e. The van der Waals surface area contributed by atoms with Gasteiger partial charge >= 0.3 is 0 Å². The van der Waals surface area contributed by atoms with Crippen LogP contribution in [0.5, 0.6) is 0 Å². The molecular formula is C18H25ClN4O2. The Balaban J connectivity index is 1.52. The van der Waals surface area contributed by atoms with Crippen molar-refractivity contribution >= 4 is 23.4 Å². The predicted octanol–water partition coefficient (Wildman–Crippen LogP) is 1.66. The van der Waals surface area contributed by atoms with E-state index < -0.39 is 0 Å². The zero-order valence-corrected chi connectivity index (χ0v) is 15.3. The molecule has 2 unspecified atom stereocenters. The summed E-state index contributed by atoms with van der Waals surface area (Å²) in [6, 6.07) is 7.19. The normalized spacial score (nSPS) is 23.8. The second-order valence-corrected chi connectivity index (χ2v) is 7.13. The number of carbonyl (C=O) groups is 2. The Morgan fingerprint density at radius 2 is 1.88 bits per heavy atom. The van der Waals surface area contributed by atoms with Crippen molar-refractivity contribution in [3.8, 4) is 0 Å². The minimum Gasteiger partial charge on any atom is -0.338 e. The van der Waals surface area contributed by atoms with Gasteiger partial charge in [-0.15, -0.1) is 0 Å². The van der Waals surface area contributed by atoms with E-state index in [0.29, 0.717) is 42.8 Å². The van der Waals surface area contributed by atoms with Crippen LogP contribution in [0.3, 0.4) is 0 Å². The number of carbonyl (C=O) groups excluding carboxylic acids is 2. The molecule has 0 aliphatic carbocycles. The summed E-state index contributed by atoms with van der Waals surface area (Å²) in [6.07, 6.45) is 3.00. The van der Waals surface area contributed by atoms with Crippen molar-refractivity contribution in [1.82, 2.24) is 20.7 Å². The molecule has 25 heavy (non-hydrogen) atoms. The lowest BCUT2D eigenvalue weighted by Crippen LogP contribution is -2.54. The third kappa shape index (κ3) is 4.32. The van der Waals surface area contributed by atoms with Gasteiger partial charge in [-0.25, -0.2) is 5.43 Å². The first-order chi connectivity index (χ1) is 12.1. The van der Waals surface area contributed by atoms with Gasteiger partial charge in [0.05, 0.1) is 0 Å². The van der Waals surface area contributed by atoms with Crippen molar-refractivity contribution in [1.29, 1.82) is 0 Å². The van der Waals surface area contributed by atoms with E-state index >= 15 is 0 Å². The van der Waals surface area contributed by atoms with E-state index in [0.717, 1.165) is 19.3 Å². The Kier molecular flexibility index (Phi) is 5.93. The lowest BCUT2D eigenvalue weighted by atomic mass is 10.0.